The third kappa shape index (κ3) is 1.21. The Bertz CT molecular complexity index is 193. The Balaban J connectivity index is 2.86. The first-order valence-corrected chi connectivity index (χ1v) is 4.19. The van der Waals surface area contributed by atoms with Crippen LogP contribution < -0.4 is 5.32 Å². The molecular weight excluding hydrogens is 158 g/mol. The summed E-state index contributed by atoms with van der Waals surface area (Å²) in [6.45, 7) is 5.68. The number of hydrogen-bond acceptors (Lipinski definition) is 3. The first-order valence-electron chi connectivity index (χ1n) is 4.19. The van der Waals surface area contributed by atoms with Crippen LogP contribution in [-0.4, -0.2) is 23.0 Å². The zero-order valence-electron chi connectivity index (χ0n) is 7.63. The molecule has 1 fully saturated rings. The van der Waals surface area contributed by atoms with Crippen LogP contribution in [0.4, 0.5) is 0 Å². The van der Waals surface area contributed by atoms with Crippen LogP contribution in [0.3, 0.4) is 0 Å². The lowest BCUT2D eigenvalue weighted by molar-refractivity contribution is -0.166. The Morgan fingerprint density at radius 2 is 2.33 bits per heavy atom. The molecule has 4 heteroatoms. The van der Waals surface area contributed by atoms with Crippen molar-refractivity contribution in [2.45, 2.75) is 39.2 Å². The molecule has 0 spiro atoms. The van der Waals surface area contributed by atoms with E-state index in [4.69, 9.17) is 9.84 Å². The molecule has 1 rings (SSSR count). The molecule has 2 N–H and O–H groups in total. The molecule has 70 valence electrons. The molecule has 0 aromatic carbocycles. The first-order chi connectivity index (χ1) is 5.53. The summed E-state index contributed by atoms with van der Waals surface area (Å²) < 4.78 is 5.17. The van der Waals surface area contributed by atoms with Crippen molar-refractivity contribution in [2.24, 2.45) is 5.92 Å². The minimum Gasteiger partial charge on any atom is -0.351 e. The highest BCUT2D eigenvalue weighted by Crippen LogP contribution is 2.30. The van der Waals surface area contributed by atoms with E-state index in [1.165, 1.54) is 0 Å². The van der Waals surface area contributed by atoms with Crippen molar-refractivity contribution in [3.8, 4) is 0 Å². The van der Waals surface area contributed by atoms with Gasteiger partial charge in [-0.15, -0.1) is 0 Å². The van der Waals surface area contributed by atoms with Crippen LogP contribution in [0.15, 0.2) is 0 Å². The Morgan fingerprint density at radius 3 is 2.50 bits per heavy atom. The van der Waals surface area contributed by atoms with Crippen molar-refractivity contribution in [1.82, 2.24) is 5.32 Å². The number of amides is 1. The third-order valence-corrected chi connectivity index (χ3v) is 2.42. The monoisotopic (exact) mass is 173 g/mol. The molecule has 2 atom stereocenters. The zero-order valence-corrected chi connectivity index (χ0v) is 7.63. The van der Waals surface area contributed by atoms with Crippen molar-refractivity contribution in [2.75, 3.05) is 0 Å². The van der Waals surface area contributed by atoms with Gasteiger partial charge in [0, 0.05) is 0 Å². The number of nitrogens with one attached hydrogen (secondary N) is 1. The highest BCUT2D eigenvalue weighted by atomic mass is 16.7. The number of carbonyl (C=O) groups is 1. The molecule has 2 unspecified atom stereocenters. The molecule has 0 aromatic heterocycles. The van der Waals surface area contributed by atoms with E-state index in [-0.39, 0.29) is 11.8 Å². The Hall–Kier alpha value is -0.610. The number of aliphatic hydroxyl groups is 1. The molecule has 0 saturated carbocycles. The summed E-state index contributed by atoms with van der Waals surface area (Å²) in [6, 6.07) is 0. The van der Waals surface area contributed by atoms with Gasteiger partial charge in [0.1, 0.15) is 0 Å². The fraction of sp³-hybridized carbons (Fsp3) is 0.875. The summed E-state index contributed by atoms with van der Waals surface area (Å²) in [5.41, 5.74) is -0.834. The van der Waals surface area contributed by atoms with Gasteiger partial charge in [0.25, 0.3) is 5.91 Å². The smallest absolute Gasteiger partial charge is 0.256 e. The molecule has 0 radical (unpaired) electrons. The molecule has 0 aromatic rings. The number of aliphatic hydroxyl groups excluding tert-OH is 1. The lowest BCUT2D eigenvalue weighted by Gasteiger charge is -2.27. The van der Waals surface area contributed by atoms with E-state index >= 15 is 0 Å². The SMILES string of the molecule is CCC1(C(C)C)OC(O)NC1=O. The largest absolute Gasteiger partial charge is 0.351 e. The van der Waals surface area contributed by atoms with Gasteiger partial charge < -0.3 is 15.2 Å². The van der Waals surface area contributed by atoms with E-state index in [0.29, 0.717) is 6.42 Å². The van der Waals surface area contributed by atoms with E-state index in [1.807, 2.05) is 20.8 Å². The summed E-state index contributed by atoms with van der Waals surface area (Å²) >= 11 is 0. The molecule has 0 aliphatic carbocycles. The van der Waals surface area contributed by atoms with Crippen LogP contribution in [0.5, 0.6) is 0 Å². The molecule has 12 heavy (non-hydrogen) atoms. The van der Waals surface area contributed by atoms with Crippen LogP contribution in [0.2, 0.25) is 0 Å². The van der Waals surface area contributed by atoms with Crippen molar-refractivity contribution >= 4 is 5.91 Å². The summed E-state index contributed by atoms with van der Waals surface area (Å²) in [6.07, 6.45) is -0.562. The van der Waals surface area contributed by atoms with E-state index in [9.17, 15) is 4.79 Å². The summed E-state index contributed by atoms with van der Waals surface area (Å²) in [5.74, 6) is -0.146. The van der Waals surface area contributed by atoms with Gasteiger partial charge in [0.2, 0.25) is 6.41 Å². The maximum atomic E-state index is 11.4. The van der Waals surface area contributed by atoms with Crippen molar-refractivity contribution < 1.29 is 14.6 Å². The highest BCUT2D eigenvalue weighted by Gasteiger charge is 2.48. The quantitative estimate of drug-likeness (QED) is 0.627. The van der Waals surface area contributed by atoms with Gasteiger partial charge in [-0.25, -0.2) is 0 Å². The average Bonchev–Trinajstić information content (AvgIpc) is 2.26. The first kappa shape index (κ1) is 9.48. The van der Waals surface area contributed by atoms with Crippen LogP contribution >= 0.6 is 0 Å². The molecule has 1 aliphatic heterocycles. The predicted octanol–water partition coefficient (Wildman–Crippen LogP) is 0.213. The van der Waals surface area contributed by atoms with E-state index in [0.717, 1.165) is 0 Å². The topological polar surface area (TPSA) is 58.6 Å². The van der Waals surface area contributed by atoms with E-state index < -0.39 is 12.0 Å². The van der Waals surface area contributed by atoms with Gasteiger partial charge in [-0.3, -0.25) is 4.79 Å². The lowest BCUT2D eigenvalue weighted by Crippen LogP contribution is -2.43. The van der Waals surface area contributed by atoms with Crippen LogP contribution in [0.1, 0.15) is 27.2 Å². The molecule has 0 bridgehead atoms. The third-order valence-electron chi connectivity index (χ3n) is 2.42. The summed E-state index contributed by atoms with van der Waals surface area (Å²) in [5, 5.41) is 11.4. The predicted molar refractivity (Wildman–Crippen MR) is 43.1 cm³/mol. The molecule has 1 saturated heterocycles. The maximum Gasteiger partial charge on any atom is 0.256 e. The second kappa shape index (κ2) is 3.03. The van der Waals surface area contributed by atoms with Gasteiger partial charge in [-0.1, -0.05) is 20.8 Å². The van der Waals surface area contributed by atoms with Gasteiger partial charge in [0.05, 0.1) is 0 Å². The molecule has 1 aliphatic rings. The van der Waals surface area contributed by atoms with Crippen LogP contribution in [0, 0.1) is 5.92 Å². The molecular formula is C8H15NO3. The average molecular weight is 173 g/mol. The summed E-state index contributed by atoms with van der Waals surface area (Å²) in [7, 11) is 0. The molecule has 4 nitrogen and oxygen atoms in total. The van der Waals surface area contributed by atoms with E-state index in [2.05, 4.69) is 5.32 Å². The van der Waals surface area contributed by atoms with Gasteiger partial charge in [-0.2, -0.15) is 0 Å². The van der Waals surface area contributed by atoms with Crippen LogP contribution in [-0.2, 0) is 9.53 Å². The van der Waals surface area contributed by atoms with Gasteiger partial charge >= 0.3 is 0 Å². The van der Waals surface area contributed by atoms with Gasteiger partial charge in [-0.05, 0) is 12.3 Å². The molecule has 1 heterocycles. The minimum absolute atomic E-state index is 0.0691. The normalized spacial score (nSPS) is 35.8. The standard InChI is InChI=1S/C8H15NO3/c1-4-8(5(2)3)6(10)9-7(11)12-8/h5,7,11H,4H2,1-3H3,(H,9,10). The Labute approximate surface area is 71.9 Å². The fourth-order valence-corrected chi connectivity index (χ4v) is 1.57. The maximum absolute atomic E-state index is 11.4. The van der Waals surface area contributed by atoms with Gasteiger partial charge in [0.15, 0.2) is 5.60 Å². The minimum atomic E-state index is -1.14. The Kier molecular flexibility index (Phi) is 2.39. The number of ether oxygens (including phenoxy) is 1. The summed E-state index contributed by atoms with van der Waals surface area (Å²) in [4.78, 5) is 11.4. The van der Waals surface area contributed by atoms with Crippen LogP contribution in [0.25, 0.3) is 0 Å². The molecule has 1 amide bonds. The second-order valence-electron chi connectivity index (χ2n) is 3.34. The van der Waals surface area contributed by atoms with E-state index in [1.54, 1.807) is 0 Å². The zero-order chi connectivity index (χ0) is 9.35. The van der Waals surface area contributed by atoms with Crippen molar-refractivity contribution in [3.05, 3.63) is 0 Å². The number of rotatable bonds is 2. The Morgan fingerprint density at radius 1 is 1.75 bits per heavy atom. The second-order valence-corrected chi connectivity index (χ2v) is 3.34. The number of hydrogen-bond donors (Lipinski definition) is 2. The fourth-order valence-electron chi connectivity index (χ4n) is 1.57. The number of carbonyl (C=O) groups excluding carboxylic acids is 1. The lowest BCUT2D eigenvalue weighted by atomic mass is 9.87. The van der Waals surface area contributed by atoms with Crippen molar-refractivity contribution in [3.63, 3.8) is 0 Å². The highest BCUT2D eigenvalue weighted by molar-refractivity contribution is 5.87. The van der Waals surface area contributed by atoms with Crippen molar-refractivity contribution in [1.29, 1.82) is 0 Å².